The van der Waals surface area contributed by atoms with Gasteiger partial charge in [0.05, 0.1) is 5.75 Å². The number of benzene rings is 1. The lowest BCUT2D eigenvalue weighted by Gasteiger charge is -2.13. The molecule has 108 valence electrons. The van der Waals surface area contributed by atoms with Gasteiger partial charge in [0.2, 0.25) is 0 Å². The maximum Gasteiger partial charge on any atom is 0.198 e. The first-order valence-electron chi connectivity index (χ1n) is 6.75. The first kappa shape index (κ1) is 13.4. The van der Waals surface area contributed by atoms with Crippen molar-refractivity contribution >= 4 is 26.6 Å². The van der Waals surface area contributed by atoms with Gasteiger partial charge in [0, 0.05) is 23.9 Å². The molecule has 0 amide bonds. The van der Waals surface area contributed by atoms with Crippen LogP contribution in [0.4, 0.5) is 5.69 Å². The lowest BCUT2D eigenvalue weighted by atomic mass is 10.2. The first-order valence-corrected chi connectivity index (χ1v) is 8.81. The molecular weight excluding hydrogens is 276 g/mol. The molecule has 1 aromatic heterocycles. The zero-order chi connectivity index (χ0) is 14.3. The summed E-state index contributed by atoms with van der Waals surface area (Å²) >= 11 is 0. The minimum absolute atomic E-state index is 0.108. The Bertz CT molecular complexity index is 732. The molecule has 0 spiro atoms. The summed E-state index contributed by atoms with van der Waals surface area (Å²) in [6.07, 6.45) is 3.56. The average molecular weight is 294 g/mol. The molecule has 6 heteroatoms. The van der Waals surface area contributed by atoms with Crippen LogP contribution in [0.15, 0.2) is 22.6 Å². The largest absolute Gasteiger partial charge is 0.440 e. The molecule has 0 aliphatic heterocycles. The fourth-order valence-corrected chi connectivity index (χ4v) is 3.31. The van der Waals surface area contributed by atoms with Crippen LogP contribution in [-0.2, 0) is 9.84 Å². The highest BCUT2D eigenvalue weighted by Crippen LogP contribution is 2.40. The number of anilines is 1. The Hall–Kier alpha value is -1.56. The van der Waals surface area contributed by atoms with Gasteiger partial charge in [-0.05, 0) is 38.0 Å². The number of rotatable bonds is 5. The van der Waals surface area contributed by atoms with Crippen molar-refractivity contribution in [2.24, 2.45) is 0 Å². The normalized spacial score (nSPS) is 17.3. The SMILES string of the molecule is CC(CS(C)(=O)=O)Nc1ccc2oc(C3CC3)nc2c1. The van der Waals surface area contributed by atoms with E-state index < -0.39 is 9.84 Å². The minimum atomic E-state index is -2.98. The minimum Gasteiger partial charge on any atom is -0.440 e. The smallest absolute Gasteiger partial charge is 0.198 e. The van der Waals surface area contributed by atoms with Crippen LogP contribution in [0.2, 0.25) is 0 Å². The van der Waals surface area contributed by atoms with E-state index in [2.05, 4.69) is 10.3 Å². The van der Waals surface area contributed by atoms with Crippen LogP contribution < -0.4 is 5.32 Å². The van der Waals surface area contributed by atoms with Crippen LogP contribution in [0.3, 0.4) is 0 Å². The lowest BCUT2D eigenvalue weighted by molar-refractivity contribution is 0.533. The second kappa shape index (κ2) is 4.77. The van der Waals surface area contributed by atoms with Gasteiger partial charge in [-0.15, -0.1) is 0 Å². The Morgan fingerprint density at radius 1 is 1.45 bits per heavy atom. The van der Waals surface area contributed by atoms with E-state index in [0.717, 1.165) is 35.5 Å². The summed E-state index contributed by atoms with van der Waals surface area (Å²) in [5.74, 6) is 1.42. The van der Waals surface area contributed by atoms with Crippen LogP contribution in [0.1, 0.15) is 31.6 Å². The van der Waals surface area contributed by atoms with E-state index in [1.54, 1.807) is 0 Å². The van der Waals surface area contributed by atoms with Gasteiger partial charge in [0.25, 0.3) is 0 Å². The van der Waals surface area contributed by atoms with Gasteiger partial charge in [-0.2, -0.15) is 0 Å². The number of nitrogens with one attached hydrogen (secondary N) is 1. The molecule has 1 heterocycles. The maximum absolute atomic E-state index is 11.3. The van der Waals surface area contributed by atoms with Gasteiger partial charge < -0.3 is 9.73 Å². The Morgan fingerprint density at radius 3 is 2.85 bits per heavy atom. The highest BCUT2D eigenvalue weighted by Gasteiger charge is 2.28. The van der Waals surface area contributed by atoms with Crippen LogP contribution >= 0.6 is 0 Å². The molecule has 1 N–H and O–H groups in total. The second-order valence-electron chi connectivity index (χ2n) is 5.65. The summed E-state index contributed by atoms with van der Waals surface area (Å²) in [5.41, 5.74) is 2.47. The quantitative estimate of drug-likeness (QED) is 0.917. The molecule has 0 bridgehead atoms. The van der Waals surface area contributed by atoms with E-state index >= 15 is 0 Å². The third kappa shape index (κ3) is 3.12. The van der Waals surface area contributed by atoms with E-state index in [0.29, 0.717) is 5.92 Å². The van der Waals surface area contributed by atoms with Gasteiger partial charge in [0.15, 0.2) is 11.5 Å². The molecule has 5 nitrogen and oxygen atoms in total. The van der Waals surface area contributed by atoms with Crippen LogP contribution in [-0.4, -0.2) is 31.5 Å². The molecule has 0 saturated heterocycles. The molecule has 1 atom stereocenters. The molecule has 1 saturated carbocycles. The van der Waals surface area contributed by atoms with Gasteiger partial charge in [-0.1, -0.05) is 0 Å². The number of nitrogens with zero attached hydrogens (tertiary/aromatic N) is 1. The van der Waals surface area contributed by atoms with Crippen molar-refractivity contribution in [1.29, 1.82) is 0 Å². The van der Waals surface area contributed by atoms with Crippen molar-refractivity contribution < 1.29 is 12.8 Å². The molecule has 1 fully saturated rings. The van der Waals surface area contributed by atoms with E-state index in [1.807, 2.05) is 25.1 Å². The van der Waals surface area contributed by atoms with Crippen LogP contribution in [0.25, 0.3) is 11.1 Å². The van der Waals surface area contributed by atoms with E-state index in [9.17, 15) is 8.42 Å². The zero-order valence-corrected chi connectivity index (χ0v) is 12.4. The number of sulfone groups is 1. The molecule has 1 aliphatic carbocycles. The highest BCUT2D eigenvalue weighted by molar-refractivity contribution is 7.90. The Balaban J connectivity index is 1.78. The summed E-state index contributed by atoms with van der Waals surface area (Å²) in [6.45, 7) is 1.85. The number of fused-ring (bicyclic) bond motifs is 1. The van der Waals surface area contributed by atoms with Gasteiger partial charge >= 0.3 is 0 Å². The summed E-state index contributed by atoms with van der Waals surface area (Å²) in [6, 6.07) is 5.54. The zero-order valence-electron chi connectivity index (χ0n) is 11.6. The molecule has 1 aliphatic rings. The first-order chi connectivity index (χ1) is 9.40. The second-order valence-corrected chi connectivity index (χ2v) is 7.83. The van der Waals surface area contributed by atoms with E-state index in [1.165, 1.54) is 6.26 Å². The maximum atomic E-state index is 11.3. The third-order valence-electron chi connectivity index (χ3n) is 3.30. The van der Waals surface area contributed by atoms with Crippen molar-refractivity contribution in [2.75, 3.05) is 17.3 Å². The standard InChI is InChI=1S/C14H18N2O3S/c1-9(8-20(2,17)18)15-11-5-6-13-12(7-11)16-14(19-13)10-3-4-10/h5-7,9-10,15H,3-4,8H2,1-2H3. The fraction of sp³-hybridized carbons (Fsp3) is 0.500. The summed E-state index contributed by atoms with van der Waals surface area (Å²) < 4.78 is 28.2. The fourth-order valence-electron chi connectivity index (χ4n) is 2.32. The van der Waals surface area contributed by atoms with Crippen LogP contribution in [0.5, 0.6) is 0 Å². The molecule has 1 aromatic carbocycles. The highest BCUT2D eigenvalue weighted by atomic mass is 32.2. The number of hydrogen-bond acceptors (Lipinski definition) is 5. The number of hydrogen-bond donors (Lipinski definition) is 1. The number of aromatic nitrogens is 1. The lowest BCUT2D eigenvalue weighted by Crippen LogP contribution is -2.24. The van der Waals surface area contributed by atoms with E-state index in [-0.39, 0.29) is 11.8 Å². The topological polar surface area (TPSA) is 72.2 Å². The predicted octanol–water partition coefficient (Wildman–Crippen LogP) is 2.55. The molecule has 3 rings (SSSR count). The average Bonchev–Trinajstić information content (AvgIpc) is 3.07. The van der Waals surface area contributed by atoms with Crippen molar-refractivity contribution in [3.63, 3.8) is 0 Å². The Labute approximate surface area is 118 Å². The Morgan fingerprint density at radius 2 is 2.20 bits per heavy atom. The molecule has 2 aromatic rings. The monoisotopic (exact) mass is 294 g/mol. The van der Waals surface area contributed by atoms with Crippen molar-refractivity contribution in [3.05, 3.63) is 24.1 Å². The van der Waals surface area contributed by atoms with Gasteiger partial charge in [0.1, 0.15) is 15.4 Å². The van der Waals surface area contributed by atoms with E-state index in [4.69, 9.17) is 4.42 Å². The number of oxazole rings is 1. The van der Waals surface area contributed by atoms with Gasteiger partial charge in [-0.3, -0.25) is 0 Å². The van der Waals surface area contributed by atoms with Crippen molar-refractivity contribution in [1.82, 2.24) is 4.98 Å². The summed E-state index contributed by atoms with van der Waals surface area (Å²) in [4.78, 5) is 4.49. The molecule has 20 heavy (non-hydrogen) atoms. The molecular formula is C14H18N2O3S. The summed E-state index contributed by atoms with van der Waals surface area (Å²) in [5, 5.41) is 3.18. The third-order valence-corrected chi connectivity index (χ3v) is 4.40. The predicted molar refractivity (Wildman–Crippen MR) is 78.8 cm³/mol. The van der Waals surface area contributed by atoms with Crippen LogP contribution in [0, 0.1) is 0 Å². The summed E-state index contributed by atoms with van der Waals surface area (Å²) in [7, 11) is -2.98. The van der Waals surface area contributed by atoms with Crippen molar-refractivity contribution in [2.45, 2.75) is 31.7 Å². The molecule has 0 radical (unpaired) electrons. The van der Waals surface area contributed by atoms with Crippen molar-refractivity contribution in [3.8, 4) is 0 Å². The Kier molecular flexibility index (Phi) is 3.20. The van der Waals surface area contributed by atoms with Gasteiger partial charge in [-0.25, -0.2) is 13.4 Å². The molecule has 1 unspecified atom stereocenters.